The second-order valence-electron chi connectivity index (χ2n) is 13.4. The number of aryl methyl sites for hydroxylation is 1. The molecule has 0 radical (unpaired) electrons. The normalized spacial score (nSPS) is 36.7. The number of aliphatic hydroxyl groups excluding tert-OH is 2. The van der Waals surface area contributed by atoms with Crippen molar-refractivity contribution in [3.8, 4) is 0 Å². The van der Waals surface area contributed by atoms with Gasteiger partial charge >= 0.3 is 5.97 Å². The molecule has 2 bridgehead atoms. The molecule has 0 aliphatic heterocycles. The van der Waals surface area contributed by atoms with Gasteiger partial charge < -0.3 is 24.6 Å². The number of nitrogens with zero attached hydrogens (tertiary/aromatic N) is 1. The van der Waals surface area contributed by atoms with Gasteiger partial charge in [0.15, 0.2) is 6.10 Å². The summed E-state index contributed by atoms with van der Waals surface area (Å²) in [4.78, 5) is 27.4. The number of rotatable bonds is 3. The monoisotopic (exact) mass is 529 g/mol. The lowest BCUT2D eigenvalue weighted by atomic mass is 9.79. The highest BCUT2D eigenvalue weighted by Gasteiger charge is 2.63. The molecule has 7 atom stereocenters. The molecule has 0 aromatic carbocycles. The number of hydrogen-bond donors (Lipinski definition) is 3. The SMILES string of the molecule is C/C1=C/C[C@H](C)C[C@@H]2[C@H]([C@@H]3C=C(CO)[C@@H](O)[C@@](O)(CC3=O)[C@H]1OC(=O)c1c(C(C)(C)C)noc1C)C2(C)C. The van der Waals surface area contributed by atoms with Crippen LogP contribution >= 0.6 is 0 Å². The van der Waals surface area contributed by atoms with Crippen LogP contribution in [-0.2, 0) is 14.9 Å². The van der Waals surface area contributed by atoms with E-state index in [4.69, 9.17) is 9.26 Å². The Balaban J connectivity index is 1.82. The van der Waals surface area contributed by atoms with Crippen LogP contribution in [0.4, 0.5) is 0 Å². The number of hydrogen-bond acceptors (Lipinski definition) is 8. The molecule has 0 unspecified atom stereocenters. The first-order valence-corrected chi connectivity index (χ1v) is 13.6. The van der Waals surface area contributed by atoms with E-state index in [9.17, 15) is 24.9 Å². The highest BCUT2D eigenvalue weighted by atomic mass is 16.6. The smallest absolute Gasteiger partial charge is 0.344 e. The fraction of sp³-hybridized carbons (Fsp3) is 0.700. The first-order chi connectivity index (χ1) is 17.5. The summed E-state index contributed by atoms with van der Waals surface area (Å²) in [7, 11) is 0. The van der Waals surface area contributed by atoms with E-state index in [-0.39, 0.29) is 34.0 Å². The van der Waals surface area contributed by atoms with Crippen LogP contribution < -0.4 is 0 Å². The predicted molar refractivity (Wildman–Crippen MR) is 141 cm³/mol. The third-order valence-corrected chi connectivity index (χ3v) is 9.12. The molecule has 1 aromatic heterocycles. The quantitative estimate of drug-likeness (QED) is 0.395. The van der Waals surface area contributed by atoms with Crippen molar-refractivity contribution in [3.05, 3.63) is 40.3 Å². The summed E-state index contributed by atoms with van der Waals surface area (Å²) in [5.41, 5.74) is -1.46. The van der Waals surface area contributed by atoms with Crippen LogP contribution in [0.1, 0.15) is 89.5 Å². The minimum absolute atomic E-state index is 0.0491. The van der Waals surface area contributed by atoms with Gasteiger partial charge in [-0.3, -0.25) is 4.79 Å². The number of aromatic nitrogens is 1. The maximum absolute atomic E-state index is 13.8. The zero-order valence-corrected chi connectivity index (χ0v) is 23.9. The zero-order valence-electron chi connectivity index (χ0n) is 23.9. The molecule has 1 saturated carbocycles. The highest BCUT2D eigenvalue weighted by molar-refractivity contribution is 5.92. The van der Waals surface area contributed by atoms with Crippen molar-refractivity contribution in [2.24, 2.45) is 29.1 Å². The van der Waals surface area contributed by atoms with E-state index < -0.39 is 48.1 Å². The summed E-state index contributed by atoms with van der Waals surface area (Å²) in [5, 5.41) is 37.9. The molecule has 1 aromatic rings. The van der Waals surface area contributed by atoms with Crippen LogP contribution in [0, 0.1) is 36.0 Å². The lowest BCUT2D eigenvalue weighted by Crippen LogP contribution is -2.56. The lowest BCUT2D eigenvalue weighted by molar-refractivity contribution is -0.148. The topological polar surface area (TPSA) is 130 Å². The molecule has 1 fully saturated rings. The summed E-state index contributed by atoms with van der Waals surface area (Å²) < 4.78 is 11.3. The number of carbonyl (C=O) groups is 2. The number of carbonyl (C=O) groups excluding carboxylic acids is 2. The Hall–Kier alpha value is -2.29. The molecule has 3 aliphatic rings. The Kier molecular flexibility index (Phi) is 7.34. The average molecular weight is 530 g/mol. The van der Waals surface area contributed by atoms with Crippen molar-refractivity contribution >= 4 is 11.8 Å². The van der Waals surface area contributed by atoms with E-state index >= 15 is 0 Å². The lowest BCUT2D eigenvalue weighted by Gasteiger charge is -2.39. The maximum Gasteiger partial charge on any atom is 0.344 e. The molecule has 4 rings (SSSR count). The first-order valence-electron chi connectivity index (χ1n) is 13.6. The number of Topliss-reactive ketones (excluding diaryl/α,β-unsaturated/α-hetero) is 1. The van der Waals surface area contributed by atoms with E-state index in [1.54, 1.807) is 19.9 Å². The van der Waals surface area contributed by atoms with Crippen molar-refractivity contribution in [1.82, 2.24) is 5.16 Å². The Bertz CT molecular complexity index is 1170. The molecule has 0 saturated heterocycles. The van der Waals surface area contributed by atoms with Gasteiger partial charge in [0.1, 0.15) is 34.5 Å². The second-order valence-corrected chi connectivity index (χ2v) is 13.4. The third-order valence-electron chi connectivity index (χ3n) is 9.12. The molecule has 1 heterocycles. The molecule has 210 valence electrons. The summed E-state index contributed by atoms with van der Waals surface area (Å²) in [5.74, 6) is -0.564. The van der Waals surface area contributed by atoms with Gasteiger partial charge in [0.05, 0.1) is 6.61 Å². The number of fused-ring (bicyclic) bond motifs is 5. The van der Waals surface area contributed by atoms with Crippen LogP contribution in [0.2, 0.25) is 0 Å². The van der Waals surface area contributed by atoms with E-state index in [2.05, 4.69) is 25.9 Å². The molecule has 38 heavy (non-hydrogen) atoms. The van der Waals surface area contributed by atoms with Crippen LogP contribution in [0.5, 0.6) is 0 Å². The molecular formula is C30H43NO7. The summed E-state index contributed by atoms with van der Waals surface area (Å²) in [6.45, 7) is 15.0. The van der Waals surface area contributed by atoms with Gasteiger partial charge in [0.2, 0.25) is 0 Å². The molecule has 8 heteroatoms. The first kappa shape index (κ1) is 28.7. The Labute approximate surface area is 225 Å². The highest BCUT2D eigenvalue weighted by Crippen LogP contribution is 2.65. The van der Waals surface area contributed by atoms with Crippen molar-refractivity contribution in [1.29, 1.82) is 0 Å². The van der Waals surface area contributed by atoms with Crippen LogP contribution in [0.25, 0.3) is 0 Å². The Morgan fingerprint density at radius 1 is 1.26 bits per heavy atom. The number of ether oxygens (including phenoxy) is 1. The Morgan fingerprint density at radius 3 is 2.53 bits per heavy atom. The average Bonchev–Trinajstić information content (AvgIpc) is 3.14. The van der Waals surface area contributed by atoms with Gasteiger partial charge in [-0.05, 0) is 61.0 Å². The van der Waals surface area contributed by atoms with Crippen molar-refractivity contribution in [2.75, 3.05) is 6.61 Å². The van der Waals surface area contributed by atoms with Crippen LogP contribution in [0.15, 0.2) is 27.8 Å². The van der Waals surface area contributed by atoms with E-state index in [1.165, 1.54) is 0 Å². The van der Waals surface area contributed by atoms with E-state index in [0.717, 1.165) is 6.42 Å². The molecular weight excluding hydrogens is 486 g/mol. The number of allylic oxidation sites excluding steroid dienone is 2. The predicted octanol–water partition coefficient (Wildman–Crippen LogP) is 4.05. The fourth-order valence-electron chi connectivity index (χ4n) is 6.76. The number of aliphatic hydroxyl groups is 3. The third kappa shape index (κ3) is 4.80. The molecule has 8 nitrogen and oxygen atoms in total. The van der Waals surface area contributed by atoms with Gasteiger partial charge in [-0.2, -0.15) is 0 Å². The van der Waals surface area contributed by atoms with Crippen molar-refractivity contribution in [3.63, 3.8) is 0 Å². The van der Waals surface area contributed by atoms with Crippen molar-refractivity contribution < 1.29 is 34.2 Å². The maximum atomic E-state index is 13.8. The molecule has 0 amide bonds. The summed E-state index contributed by atoms with van der Waals surface area (Å²) in [6.07, 6.45) is 1.86. The van der Waals surface area contributed by atoms with Gasteiger partial charge in [-0.15, -0.1) is 0 Å². The van der Waals surface area contributed by atoms with Gasteiger partial charge in [-0.1, -0.05) is 58.9 Å². The second kappa shape index (κ2) is 9.72. The van der Waals surface area contributed by atoms with Gasteiger partial charge in [0.25, 0.3) is 0 Å². The number of esters is 1. The summed E-state index contributed by atoms with van der Waals surface area (Å²) >= 11 is 0. The number of ketones is 1. The zero-order chi connectivity index (χ0) is 28.4. The molecule has 3 aliphatic carbocycles. The minimum atomic E-state index is -2.17. The summed E-state index contributed by atoms with van der Waals surface area (Å²) in [6, 6.07) is 0. The fourth-order valence-corrected chi connectivity index (χ4v) is 6.76. The van der Waals surface area contributed by atoms with E-state index in [0.29, 0.717) is 29.5 Å². The van der Waals surface area contributed by atoms with Crippen molar-refractivity contribution in [2.45, 2.75) is 97.9 Å². The largest absolute Gasteiger partial charge is 0.451 e. The Morgan fingerprint density at radius 2 is 1.92 bits per heavy atom. The molecule has 0 spiro atoms. The minimum Gasteiger partial charge on any atom is -0.451 e. The van der Waals surface area contributed by atoms with E-state index in [1.807, 2.05) is 26.8 Å². The van der Waals surface area contributed by atoms with Gasteiger partial charge in [-0.25, -0.2) is 4.79 Å². The van der Waals surface area contributed by atoms with Crippen LogP contribution in [-0.4, -0.2) is 56.6 Å². The van der Waals surface area contributed by atoms with Gasteiger partial charge in [0, 0.05) is 17.8 Å². The van der Waals surface area contributed by atoms with Crippen LogP contribution in [0.3, 0.4) is 0 Å². The standard InChI is InChI=1S/C30H43NO7/c1-15-9-10-16(2)26(37-27(35)22-17(3)38-31-24(22)28(4,5)6)30(36)13-21(33)19(12-18(14-32)25(30)34)23-20(11-15)29(23,7)8/h10,12,15,19-20,23,25-26,32,34,36H,9,11,13-14H2,1-8H3/b16-10-/t15-,19+,20+,23-,25+,26-,30-/m0/s1. The molecule has 3 N–H and O–H groups in total.